The smallest absolute Gasteiger partial charge is 0.249 e. The molecule has 0 saturated carbocycles. The molecule has 7 heteroatoms. The van der Waals surface area contributed by atoms with Gasteiger partial charge in [0.2, 0.25) is 11.8 Å². The summed E-state index contributed by atoms with van der Waals surface area (Å²) in [5.41, 5.74) is 4.37. The lowest BCUT2D eigenvalue weighted by Gasteiger charge is -2.03. The molecule has 0 atom stereocenters. The van der Waals surface area contributed by atoms with Gasteiger partial charge in [0, 0.05) is 35.3 Å². The Bertz CT molecular complexity index is 1190. The van der Waals surface area contributed by atoms with Crippen LogP contribution in [0.25, 0.3) is 27.6 Å². The molecule has 0 aliphatic rings. The fourth-order valence-electron chi connectivity index (χ4n) is 2.72. The molecule has 1 amide bonds. The fraction of sp³-hybridized carbons (Fsp3) is 0.0476. The number of benzene rings is 1. The Morgan fingerprint density at radius 3 is 2.75 bits per heavy atom. The normalized spacial score (nSPS) is 11.6. The van der Waals surface area contributed by atoms with Gasteiger partial charge in [0.05, 0.1) is 0 Å². The lowest BCUT2D eigenvalue weighted by molar-refractivity contribution is -0.111. The van der Waals surface area contributed by atoms with Crippen LogP contribution in [0.3, 0.4) is 0 Å². The standard InChI is InChI=1S/C21H16N4O2S/c1-13-3-2-8-23-20(13)21-25-16-11-15(4-5-17(16)27-21)24-19(26)12-18(28)14-6-9-22-10-7-14/h2-12,28H,1H3,(H,24,26)/b18-12+. The van der Waals surface area contributed by atoms with Gasteiger partial charge in [0.1, 0.15) is 11.2 Å². The van der Waals surface area contributed by atoms with Gasteiger partial charge in [-0.25, -0.2) is 4.98 Å². The minimum absolute atomic E-state index is 0.287. The molecule has 0 aliphatic heterocycles. The largest absolute Gasteiger partial charge is 0.435 e. The zero-order valence-corrected chi connectivity index (χ0v) is 15.9. The Hall–Kier alpha value is -3.45. The summed E-state index contributed by atoms with van der Waals surface area (Å²) in [6.07, 6.45) is 6.43. The molecule has 138 valence electrons. The first-order valence-corrected chi connectivity index (χ1v) is 8.99. The number of rotatable bonds is 4. The topological polar surface area (TPSA) is 80.9 Å². The SMILES string of the molecule is Cc1cccnc1-c1nc2cc(NC(=O)/C=C(/S)c3ccncc3)ccc2o1. The van der Waals surface area contributed by atoms with E-state index in [-0.39, 0.29) is 5.91 Å². The van der Waals surface area contributed by atoms with E-state index in [0.717, 1.165) is 11.1 Å². The van der Waals surface area contributed by atoms with E-state index in [1.54, 1.807) is 48.9 Å². The summed E-state index contributed by atoms with van der Waals surface area (Å²) in [4.78, 5) is 25.6. The number of nitrogens with zero attached hydrogens (tertiary/aromatic N) is 3. The van der Waals surface area contributed by atoms with Crippen LogP contribution in [-0.2, 0) is 4.79 Å². The molecule has 1 N–H and O–H groups in total. The van der Waals surface area contributed by atoms with Crippen molar-refractivity contribution in [2.45, 2.75) is 6.92 Å². The van der Waals surface area contributed by atoms with Gasteiger partial charge >= 0.3 is 0 Å². The summed E-state index contributed by atoms with van der Waals surface area (Å²) >= 11 is 4.38. The van der Waals surface area contributed by atoms with Crippen LogP contribution in [0.4, 0.5) is 5.69 Å². The first-order chi connectivity index (χ1) is 13.6. The predicted octanol–water partition coefficient (Wildman–Crippen LogP) is 4.50. The van der Waals surface area contributed by atoms with Crippen molar-refractivity contribution in [1.29, 1.82) is 0 Å². The second kappa shape index (κ2) is 7.66. The van der Waals surface area contributed by atoms with Gasteiger partial charge in [-0.2, -0.15) is 0 Å². The third-order valence-electron chi connectivity index (χ3n) is 4.11. The van der Waals surface area contributed by atoms with Crippen molar-refractivity contribution in [3.63, 3.8) is 0 Å². The number of aryl methyl sites for hydroxylation is 1. The highest BCUT2D eigenvalue weighted by Crippen LogP contribution is 2.27. The number of oxazole rings is 1. The minimum atomic E-state index is -0.287. The molecule has 3 heterocycles. The van der Waals surface area contributed by atoms with E-state index < -0.39 is 0 Å². The van der Waals surface area contributed by atoms with E-state index in [2.05, 4.69) is 32.9 Å². The van der Waals surface area contributed by atoms with Crippen LogP contribution in [-0.4, -0.2) is 20.9 Å². The number of fused-ring (bicyclic) bond motifs is 1. The Balaban J connectivity index is 1.57. The maximum absolute atomic E-state index is 12.3. The number of anilines is 1. The zero-order chi connectivity index (χ0) is 19.5. The summed E-state index contributed by atoms with van der Waals surface area (Å²) < 4.78 is 5.80. The van der Waals surface area contributed by atoms with Gasteiger partial charge in [-0.15, -0.1) is 12.6 Å². The van der Waals surface area contributed by atoms with Gasteiger partial charge in [-0.3, -0.25) is 14.8 Å². The van der Waals surface area contributed by atoms with E-state index in [9.17, 15) is 4.79 Å². The third kappa shape index (κ3) is 3.79. The monoisotopic (exact) mass is 388 g/mol. The molecule has 3 aromatic heterocycles. The Kier molecular flexibility index (Phi) is 4.90. The highest BCUT2D eigenvalue weighted by atomic mass is 32.1. The van der Waals surface area contributed by atoms with Crippen LogP contribution in [0.5, 0.6) is 0 Å². The van der Waals surface area contributed by atoms with Crippen LogP contribution < -0.4 is 5.32 Å². The predicted molar refractivity (Wildman–Crippen MR) is 112 cm³/mol. The van der Waals surface area contributed by atoms with Crippen molar-refractivity contribution >= 4 is 40.2 Å². The average Bonchev–Trinajstić information content (AvgIpc) is 3.12. The molecule has 0 fully saturated rings. The average molecular weight is 388 g/mol. The summed E-state index contributed by atoms with van der Waals surface area (Å²) in [7, 11) is 0. The molecular weight excluding hydrogens is 372 g/mol. The quantitative estimate of drug-likeness (QED) is 0.397. The number of carbonyl (C=O) groups excluding carboxylic acids is 1. The molecule has 0 bridgehead atoms. The number of amides is 1. The van der Waals surface area contributed by atoms with Gasteiger partial charge in [-0.05, 0) is 54.4 Å². The number of pyridine rings is 2. The van der Waals surface area contributed by atoms with Gasteiger partial charge in [0.15, 0.2) is 5.58 Å². The second-order valence-corrected chi connectivity index (χ2v) is 6.61. The Morgan fingerprint density at radius 1 is 1.14 bits per heavy atom. The third-order valence-corrected chi connectivity index (χ3v) is 4.50. The number of nitrogens with one attached hydrogen (secondary N) is 1. The van der Waals surface area contributed by atoms with Crippen molar-refractivity contribution < 1.29 is 9.21 Å². The summed E-state index contributed by atoms with van der Waals surface area (Å²) in [6, 6.07) is 12.7. The number of aromatic nitrogens is 3. The van der Waals surface area contributed by atoms with E-state index >= 15 is 0 Å². The van der Waals surface area contributed by atoms with Crippen molar-refractivity contribution in [2.24, 2.45) is 0 Å². The maximum atomic E-state index is 12.3. The molecule has 1 aromatic carbocycles. The first-order valence-electron chi connectivity index (χ1n) is 8.55. The van der Waals surface area contributed by atoms with Gasteiger partial charge in [0.25, 0.3) is 0 Å². The lowest BCUT2D eigenvalue weighted by atomic mass is 10.2. The zero-order valence-electron chi connectivity index (χ0n) is 15.0. The molecule has 0 radical (unpaired) electrons. The van der Waals surface area contributed by atoms with E-state index in [1.807, 2.05) is 19.1 Å². The Morgan fingerprint density at radius 2 is 1.96 bits per heavy atom. The number of thiol groups is 1. The van der Waals surface area contributed by atoms with Crippen LogP contribution >= 0.6 is 12.6 Å². The minimum Gasteiger partial charge on any atom is -0.435 e. The molecule has 0 saturated heterocycles. The highest BCUT2D eigenvalue weighted by Gasteiger charge is 2.12. The maximum Gasteiger partial charge on any atom is 0.249 e. The number of hydrogen-bond acceptors (Lipinski definition) is 6. The van der Waals surface area contributed by atoms with Gasteiger partial charge < -0.3 is 9.73 Å². The number of carbonyl (C=O) groups is 1. The van der Waals surface area contributed by atoms with Crippen molar-refractivity contribution in [3.05, 3.63) is 78.3 Å². The molecular formula is C21H16N4O2S. The first kappa shape index (κ1) is 17.9. The Labute approximate surface area is 166 Å². The van der Waals surface area contributed by atoms with Crippen LogP contribution in [0.1, 0.15) is 11.1 Å². The van der Waals surface area contributed by atoms with Crippen molar-refractivity contribution in [2.75, 3.05) is 5.32 Å². The molecule has 0 unspecified atom stereocenters. The second-order valence-electron chi connectivity index (χ2n) is 6.13. The molecule has 4 rings (SSSR count). The lowest BCUT2D eigenvalue weighted by Crippen LogP contribution is -2.08. The van der Waals surface area contributed by atoms with Crippen molar-refractivity contribution in [1.82, 2.24) is 15.0 Å². The van der Waals surface area contributed by atoms with Crippen LogP contribution in [0.15, 0.2) is 71.5 Å². The summed E-state index contributed by atoms with van der Waals surface area (Å²) in [5.74, 6) is 0.164. The van der Waals surface area contributed by atoms with E-state index in [0.29, 0.717) is 33.3 Å². The van der Waals surface area contributed by atoms with Crippen LogP contribution in [0, 0.1) is 6.92 Å². The summed E-state index contributed by atoms with van der Waals surface area (Å²) in [6.45, 7) is 1.95. The molecule has 4 aromatic rings. The van der Waals surface area contributed by atoms with E-state index in [1.165, 1.54) is 6.08 Å². The van der Waals surface area contributed by atoms with Crippen LogP contribution in [0.2, 0.25) is 0 Å². The van der Waals surface area contributed by atoms with Gasteiger partial charge in [-0.1, -0.05) is 6.07 Å². The summed E-state index contributed by atoms with van der Waals surface area (Å²) in [5, 5.41) is 2.82. The highest BCUT2D eigenvalue weighted by molar-refractivity contribution is 7.90. The van der Waals surface area contributed by atoms with E-state index in [4.69, 9.17) is 4.42 Å². The van der Waals surface area contributed by atoms with Crippen molar-refractivity contribution in [3.8, 4) is 11.6 Å². The molecule has 0 spiro atoms. The fourth-order valence-corrected chi connectivity index (χ4v) is 2.99. The molecule has 6 nitrogen and oxygen atoms in total. The number of hydrogen-bond donors (Lipinski definition) is 2. The molecule has 28 heavy (non-hydrogen) atoms. The molecule has 0 aliphatic carbocycles.